The Morgan fingerprint density at radius 2 is 1.61 bits per heavy atom. The summed E-state index contributed by atoms with van der Waals surface area (Å²) in [4.78, 5) is 44.8. The third kappa shape index (κ3) is 2.59. The maximum absolute atomic E-state index is 13.6. The monoisotopic (exact) mass is 476 g/mol. The first kappa shape index (κ1) is 19.6. The number of aromatic nitrogens is 1. The fourth-order valence-electron chi connectivity index (χ4n) is 6.90. The van der Waals surface area contributed by atoms with Crippen LogP contribution in [0, 0.1) is 29.6 Å². The van der Waals surface area contributed by atoms with Gasteiger partial charge in [0.25, 0.3) is 0 Å². The number of aromatic amines is 1. The third-order valence-electron chi connectivity index (χ3n) is 7.99. The second-order valence-corrected chi connectivity index (χ2v) is 11.6. The lowest BCUT2D eigenvalue weighted by molar-refractivity contribution is -0.123. The van der Waals surface area contributed by atoms with Gasteiger partial charge in [-0.15, -0.1) is 11.8 Å². The van der Waals surface area contributed by atoms with E-state index in [1.807, 2.05) is 42.5 Å². The first-order valence-electron chi connectivity index (χ1n) is 11.1. The second kappa shape index (κ2) is 6.84. The molecule has 1 aromatic heterocycles. The Morgan fingerprint density at radius 1 is 0.909 bits per heavy atom. The summed E-state index contributed by atoms with van der Waals surface area (Å²) in [5.41, 5.74) is 1.69. The van der Waals surface area contributed by atoms with Gasteiger partial charge in [-0.05, 0) is 54.0 Å². The summed E-state index contributed by atoms with van der Waals surface area (Å²) in [6.45, 7) is 0. The van der Waals surface area contributed by atoms with Gasteiger partial charge >= 0.3 is 4.87 Å². The number of hydrogen-bond acceptors (Lipinski definition) is 6. The highest BCUT2D eigenvalue weighted by Gasteiger charge is 2.69. The molecule has 4 aliphatic rings. The van der Waals surface area contributed by atoms with Crippen LogP contribution in [0.5, 0.6) is 5.75 Å². The van der Waals surface area contributed by atoms with Crippen molar-refractivity contribution >= 4 is 40.6 Å². The number of amides is 2. The average Bonchev–Trinajstić information content (AvgIpc) is 3.54. The smallest absolute Gasteiger partial charge is 0.305 e. The van der Waals surface area contributed by atoms with Crippen LogP contribution in [0.25, 0.3) is 0 Å². The van der Waals surface area contributed by atoms with Crippen molar-refractivity contribution in [3.63, 3.8) is 0 Å². The van der Waals surface area contributed by atoms with Gasteiger partial charge in [0.15, 0.2) is 0 Å². The number of nitrogens with zero attached hydrogens (tertiary/aromatic N) is 1. The molecule has 2 aliphatic heterocycles. The van der Waals surface area contributed by atoms with E-state index < -0.39 is 0 Å². The van der Waals surface area contributed by atoms with Crippen LogP contribution in [0.4, 0.5) is 5.69 Å². The summed E-state index contributed by atoms with van der Waals surface area (Å²) in [6, 6.07) is 16.4. The van der Waals surface area contributed by atoms with Gasteiger partial charge in [-0.1, -0.05) is 41.7 Å². The minimum absolute atomic E-state index is 0.0274. The Hall–Kier alpha value is -2.84. The summed E-state index contributed by atoms with van der Waals surface area (Å²) in [5, 5.41) is 10.9. The van der Waals surface area contributed by atoms with Crippen molar-refractivity contribution in [3.05, 3.63) is 74.7 Å². The number of fused-ring (bicyclic) bond motifs is 9. The minimum Gasteiger partial charge on any atom is -0.508 e. The van der Waals surface area contributed by atoms with Gasteiger partial charge in [0.05, 0.1) is 22.5 Å². The van der Waals surface area contributed by atoms with E-state index in [-0.39, 0.29) is 63.2 Å². The molecule has 2 saturated carbocycles. The lowest BCUT2D eigenvalue weighted by Crippen LogP contribution is -2.42. The SMILES string of the molecule is O=C1[C@@H]2[C@H]3C[C@@H]([C@@H]2C(=O)N1c1ccccc1)[C@@H]1[C@H](c2ccc(O)cc2)c2sc(=O)[nH]c2S[C@@H]31. The van der Waals surface area contributed by atoms with E-state index in [1.54, 1.807) is 23.9 Å². The molecule has 0 radical (unpaired) electrons. The molecule has 3 aromatic rings. The quantitative estimate of drug-likeness (QED) is 0.549. The topological polar surface area (TPSA) is 90.5 Å². The number of imide groups is 1. The van der Waals surface area contributed by atoms with Gasteiger partial charge in [0, 0.05) is 16.0 Å². The van der Waals surface area contributed by atoms with Crippen LogP contribution in [0.2, 0.25) is 0 Å². The Balaban J connectivity index is 1.34. The number of thioether (sulfide) groups is 1. The fourth-order valence-corrected chi connectivity index (χ4v) is 9.79. The maximum atomic E-state index is 13.6. The van der Waals surface area contributed by atoms with Crippen LogP contribution >= 0.6 is 23.1 Å². The number of phenolic OH excluding ortho intramolecular Hbond substituents is 1. The Bertz CT molecular complexity index is 1350. The van der Waals surface area contributed by atoms with E-state index in [0.29, 0.717) is 5.69 Å². The number of benzene rings is 2. The van der Waals surface area contributed by atoms with E-state index in [2.05, 4.69) is 4.98 Å². The standard InChI is InChI=1S/C25H20N2O4S2/c28-13-8-6-11(7-9-13)16-17-14-10-15(20(17)32-22-21(16)33-25(31)26-22)19-18(14)23(29)27(24(19)30)12-4-2-1-3-5-12/h1-9,14-20,28H,10H2,(H,26,31)/t14-,15-,16+,17-,18+,19-,20+/m1/s1. The summed E-state index contributed by atoms with van der Waals surface area (Å²) < 4.78 is 0. The van der Waals surface area contributed by atoms with E-state index >= 15 is 0 Å². The van der Waals surface area contributed by atoms with Crippen molar-refractivity contribution in [2.45, 2.75) is 22.6 Å². The Labute approximate surface area is 197 Å². The number of phenols is 1. The van der Waals surface area contributed by atoms with Crippen molar-refractivity contribution in [3.8, 4) is 5.75 Å². The molecular formula is C25H20N2O4S2. The number of hydrogen-bond donors (Lipinski definition) is 2. The van der Waals surface area contributed by atoms with Crippen molar-refractivity contribution in [2.75, 3.05) is 4.90 Å². The highest BCUT2D eigenvalue weighted by atomic mass is 32.2. The molecule has 3 fully saturated rings. The second-order valence-electron chi connectivity index (χ2n) is 9.40. The molecule has 6 nitrogen and oxygen atoms in total. The van der Waals surface area contributed by atoms with Crippen molar-refractivity contribution < 1.29 is 14.7 Å². The normalized spacial score (nSPS) is 33.8. The first-order chi connectivity index (χ1) is 16.0. The number of carbonyl (C=O) groups is 2. The molecule has 2 aromatic carbocycles. The van der Waals surface area contributed by atoms with Crippen LogP contribution in [-0.2, 0) is 9.59 Å². The number of H-pyrrole nitrogens is 1. The number of para-hydroxylation sites is 1. The summed E-state index contributed by atoms with van der Waals surface area (Å²) >= 11 is 2.93. The molecule has 0 spiro atoms. The predicted molar refractivity (Wildman–Crippen MR) is 126 cm³/mol. The van der Waals surface area contributed by atoms with E-state index in [9.17, 15) is 19.5 Å². The summed E-state index contributed by atoms with van der Waals surface area (Å²) in [5.74, 6) is -0.213. The van der Waals surface area contributed by atoms with Crippen molar-refractivity contribution in [1.29, 1.82) is 0 Å². The molecule has 1 saturated heterocycles. The molecular weight excluding hydrogens is 456 g/mol. The average molecular weight is 477 g/mol. The fraction of sp³-hybridized carbons (Fsp3) is 0.320. The van der Waals surface area contributed by atoms with Crippen LogP contribution in [-0.4, -0.2) is 27.2 Å². The van der Waals surface area contributed by atoms with Gasteiger partial charge in [0.2, 0.25) is 11.8 Å². The number of rotatable bonds is 2. The Morgan fingerprint density at radius 3 is 2.33 bits per heavy atom. The maximum Gasteiger partial charge on any atom is 0.305 e. The van der Waals surface area contributed by atoms with Crippen LogP contribution < -0.4 is 9.77 Å². The molecule has 33 heavy (non-hydrogen) atoms. The summed E-state index contributed by atoms with van der Waals surface area (Å²) in [6.07, 6.45) is 0.867. The predicted octanol–water partition coefficient (Wildman–Crippen LogP) is 3.82. The van der Waals surface area contributed by atoms with Crippen molar-refractivity contribution in [1.82, 2.24) is 4.98 Å². The molecule has 7 rings (SSSR count). The number of aromatic hydroxyl groups is 1. The zero-order valence-electron chi connectivity index (χ0n) is 17.4. The zero-order chi connectivity index (χ0) is 22.4. The summed E-state index contributed by atoms with van der Waals surface area (Å²) in [7, 11) is 0. The molecule has 2 N–H and O–H groups in total. The van der Waals surface area contributed by atoms with E-state index in [1.165, 1.54) is 16.2 Å². The number of carbonyl (C=O) groups excluding carboxylic acids is 2. The molecule has 2 amide bonds. The van der Waals surface area contributed by atoms with Gasteiger partial charge in [0.1, 0.15) is 5.75 Å². The largest absolute Gasteiger partial charge is 0.508 e. The first-order valence-corrected chi connectivity index (χ1v) is 12.8. The van der Waals surface area contributed by atoms with Crippen LogP contribution in [0.3, 0.4) is 0 Å². The molecule has 8 heteroatoms. The minimum atomic E-state index is -0.304. The zero-order valence-corrected chi connectivity index (χ0v) is 19.0. The van der Waals surface area contributed by atoms with Gasteiger partial charge in [-0.3, -0.25) is 19.3 Å². The molecule has 2 bridgehead atoms. The van der Waals surface area contributed by atoms with Gasteiger partial charge in [-0.25, -0.2) is 0 Å². The Kier molecular flexibility index (Phi) is 4.06. The number of nitrogens with one attached hydrogen (secondary N) is 1. The number of anilines is 1. The molecule has 7 atom stereocenters. The van der Waals surface area contributed by atoms with Crippen LogP contribution in [0.1, 0.15) is 22.8 Å². The van der Waals surface area contributed by atoms with Crippen molar-refractivity contribution in [2.24, 2.45) is 29.6 Å². The molecule has 3 heterocycles. The van der Waals surface area contributed by atoms with Gasteiger partial charge in [-0.2, -0.15) is 0 Å². The highest BCUT2D eigenvalue weighted by molar-refractivity contribution is 8.00. The van der Waals surface area contributed by atoms with E-state index in [4.69, 9.17) is 0 Å². The lowest BCUT2D eigenvalue weighted by Gasteiger charge is -2.43. The van der Waals surface area contributed by atoms with Crippen LogP contribution in [0.15, 0.2) is 64.4 Å². The lowest BCUT2D eigenvalue weighted by atomic mass is 9.68. The van der Waals surface area contributed by atoms with Gasteiger partial charge < -0.3 is 10.1 Å². The number of thiazole rings is 1. The third-order valence-corrected chi connectivity index (χ3v) is 10.6. The highest BCUT2D eigenvalue weighted by Crippen LogP contribution is 2.68. The van der Waals surface area contributed by atoms with E-state index in [0.717, 1.165) is 21.9 Å². The molecule has 166 valence electrons. The molecule has 2 aliphatic carbocycles. The molecule has 0 unspecified atom stereocenters.